The van der Waals surface area contributed by atoms with Crippen LogP contribution >= 0.6 is 15.9 Å². The van der Waals surface area contributed by atoms with Gasteiger partial charge in [0.2, 0.25) is 0 Å². The van der Waals surface area contributed by atoms with Crippen LogP contribution in [0.5, 0.6) is 0 Å². The fraction of sp³-hybridized carbons (Fsp3) is 0.286. The van der Waals surface area contributed by atoms with Gasteiger partial charge in [-0.1, -0.05) is 15.9 Å². The number of rotatable bonds is 5. The molecule has 0 aromatic carbocycles. The monoisotopic (exact) mass is 290 g/mol. The summed E-state index contributed by atoms with van der Waals surface area (Å²) < 4.78 is 0. The van der Waals surface area contributed by atoms with E-state index in [0.717, 1.165) is 11.8 Å². The Morgan fingerprint density at radius 2 is 1.71 bits per heavy atom. The third-order valence-corrected chi connectivity index (χ3v) is 3.21. The van der Waals surface area contributed by atoms with Gasteiger partial charge in [-0.3, -0.25) is 9.97 Å². The summed E-state index contributed by atoms with van der Waals surface area (Å²) in [6.45, 7) is 0. The van der Waals surface area contributed by atoms with Gasteiger partial charge < -0.3 is 0 Å². The third kappa shape index (κ3) is 3.63. The molecule has 0 amide bonds. The molecule has 0 spiro atoms. The zero-order chi connectivity index (χ0) is 11.9. The molecule has 88 valence electrons. The van der Waals surface area contributed by atoms with Gasteiger partial charge in [0.25, 0.3) is 0 Å². The molecule has 2 aromatic heterocycles. The first kappa shape index (κ1) is 12.2. The van der Waals surface area contributed by atoms with Crippen LogP contribution in [0.4, 0.5) is 0 Å². The van der Waals surface area contributed by atoms with Crippen molar-refractivity contribution in [2.24, 2.45) is 0 Å². The van der Waals surface area contributed by atoms with E-state index in [1.165, 1.54) is 29.7 Å². The summed E-state index contributed by atoms with van der Waals surface area (Å²) >= 11 is 3.45. The highest BCUT2D eigenvalue weighted by Crippen LogP contribution is 2.18. The van der Waals surface area contributed by atoms with Crippen molar-refractivity contribution < 1.29 is 0 Å². The van der Waals surface area contributed by atoms with E-state index in [9.17, 15) is 0 Å². The molecule has 2 aromatic rings. The van der Waals surface area contributed by atoms with Crippen LogP contribution in [-0.4, -0.2) is 15.3 Å². The number of hydrogen-bond acceptors (Lipinski definition) is 2. The maximum atomic E-state index is 4.41. The average molecular weight is 291 g/mol. The van der Waals surface area contributed by atoms with E-state index in [-0.39, 0.29) is 0 Å². The lowest BCUT2D eigenvalue weighted by Gasteiger charge is -2.04. The van der Waals surface area contributed by atoms with Crippen LogP contribution in [0.25, 0.3) is 11.1 Å². The van der Waals surface area contributed by atoms with E-state index >= 15 is 0 Å². The molecule has 0 atom stereocenters. The Bertz CT molecular complexity index is 457. The second-order valence-electron chi connectivity index (χ2n) is 3.92. The Kier molecular flexibility index (Phi) is 4.68. The van der Waals surface area contributed by atoms with Crippen LogP contribution < -0.4 is 0 Å². The van der Waals surface area contributed by atoms with Crippen LogP contribution in [0.15, 0.2) is 42.9 Å². The summed E-state index contributed by atoms with van der Waals surface area (Å²) in [5, 5.41) is 1.07. The Labute approximate surface area is 110 Å². The quantitative estimate of drug-likeness (QED) is 0.617. The van der Waals surface area contributed by atoms with Crippen LogP contribution in [-0.2, 0) is 6.42 Å². The van der Waals surface area contributed by atoms with Crippen molar-refractivity contribution in [1.82, 2.24) is 9.97 Å². The fourth-order valence-electron chi connectivity index (χ4n) is 1.74. The first-order valence-electron chi connectivity index (χ1n) is 5.81. The number of nitrogens with zero attached hydrogens (tertiary/aromatic N) is 2. The number of halogens is 1. The van der Waals surface area contributed by atoms with Crippen LogP contribution in [0.1, 0.15) is 18.5 Å². The molecule has 0 N–H and O–H groups in total. The highest BCUT2D eigenvalue weighted by Gasteiger charge is 2.00. The molecule has 0 aliphatic rings. The van der Waals surface area contributed by atoms with Crippen molar-refractivity contribution in [2.45, 2.75) is 19.3 Å². The summed E-state index contributed by atoms with van der Waals surface area (Å²) in [6, 6.07) is 8.27. The molecule has 2 nitrogen and oxygen atoms in total. The lowest BCUT2D eigenvalue weighted by atomic mass is 10.1. The summed E-state index contributed by atoms with van der Waals surface area (Å²) in [7, 11) is 0. The minimum absolute atomic E-state index is 1.05. The van der Waals surface area contributed by atoms with Crippen molar-refractivity contribution >= 4 is 15.9 Å². The Morgan fingerprint density at radius 3 is 2.47 bits per heavy atom. The van der Waals surface area contributed by atoms with E-state index in [0.29, 0.717) is 0 Å². The molecule has 0 fully saturated rings. The lowest BCUT2D eigenvalue weighted by Crippen LogP contribution is -1.91. The fourth-order valence-corrected chi connectivity index (χ4v) is 2.14. The Balaban J connectivity index is 2.12. The maximum Gasteiger partial charge on any atom is 0.0409 e. The van der Waals surface area contributed by atoms with Crippen LogP contribution in [0.2, 0.25) is 0 Å². The number of pyridine rings is 2. The first-order chi connectivity index (χ1) is 8.40. The molecule has 17 heavy (non-hydrogen) atoms. The van der Waals surface area contributed by atoms with Gasteiger partial charge in [-0.25, -0.2) is 0 Å². The molecule has 3 heteroatoms. The van der Waals surface area contributed by atoms with E-state index in [1.54, 1.807) is 0 Å². The van der Waals surface area contributed by atoms with E-state index < -0.39 is 0 Å². The SMILES string of the molecule is BrCCCCc1cc(-c2ccncc2)ccn1. The van der Waals surface area contributed by atoms with Crippen LogP contribution in [0, 0.1) is 0 Å². The molecule has 0 bridgehead atoms. The minimum atomic E-state index is 1.05. The topological polar surface area (TPSA) is 25.8 Å². The number of hydrogen-bond donors (Lipinski definition) is 0. The van der Waals surface area contributed by atoms with Gasteiger partial charge in [-0.05, 0) is 54.7 Å². The predicted molar refractivity (Wildman–Crippen MR) is 74.2 cm³/mol. The largest absolute Gasteiger partial charge is 0.265 e. The van der Waals surface area contributed by atoms with Gasteiger partial charge in [0.05, 0.1) is 0 Å². The highest BCUT2D eigenvalue weighted by atomic mass is 79.9. The predicted octanol–water partition coefficient (Wildman–Crippen LogP) is 3.86. The molecule has 0 saturated heterocycles. The first-order valence-corrected chi connectivity index (χ1v) is 6.93. The molecular weight excluding hydrogens is 276 g/mol. The number of aromatic nitrogens is 2. The average Bonchev–Trinajstić information content (AvgIpc) is 2.41. The molecule has 0 aliphatic carbocycles. The smallest absolute Gasteiger partial charge is 0.0409 e. The molecular formula is C14H15BrN2. The molecule has 0 unspecified atom stereocenters. The summed E-state index contributed by atoms with van der Waals surface area (Å²) in [5.74, 6) is 0. The van der Waals surface area contributed by atoms with E-state index in [1.807, 2.05) is 36.8 Å². The minimum Gasteiger partial charge on any atom is -0.265 e. The molecule has 0 radical (unpaired) electrons. The zero-order valence-corrected chi connectivity index (χ0v) is 11.2. The standard InChI is InChI=1S/C14H15BrN2/c15-7-2-1-3-14-11-13(6-10-17-14)12-4-8-16-9-5-12/h4-6,8-11H,1-3,7H2. The number of unbranched alkanes of at least 4 members (excludes halogenated alkanes) is 1. The molecule has 0 saturated carbocycles. The van der Waals surface area contributed by atoms with Gasteiger partial charge in [0.1, 0.15) is 0 Å². The second-order valence-corrected chi connectivity index (χ2v) is 4.71. The van der Waals surface area contributed by atoms with Gasteiger partial charge in [0, 0.05) is 29.6 Å². The van der Waals surface area contributed by atoms with E-state index in [2.05, 4.69) is 32.0 Å². The number of aryl methyl sites for hydroxylation is 1. The molecule has 0 aliphatic heterocycles. The van der Waals surface area contributed by atoms with Gasteiger partial charge in [0.15, 0.2) is 0 Å². The van der Waals surface area contributed by atoms with Crippen molar-refractivity contribution in [2.75, 3.05) is 5.33 Å². The Morgan fingerprint density at radius 1 is 0.941 bits per heavy atom. The summed E-state index contributed by atoms with van der Waals surface area (Å²) in [4.78, 5) is 8.44. The van der Waals surface area contributed by atoms with E-state index in [4.69, 9.17) is 0 Å². The highest BCUT2D eigenvalue weighted by molar-refractivity contribution is 9.09. The summed E-state index contributed by atoms with van der Waals surface area (Å²) in [5.41, 5.74) is 3.58. The second kappa shape index (κ2) is 6.50. The van der Waals surface area contributed by atoms with Crippen molar-refractivity contribution in [3.05, 3.63) is 48.5 Å². The maximum absolute atomic E-state index is 4.41. The van der Waals surface area contributed by atoms with Crippen molar-refractivity contribution in [1.29, 1.82) is 0 Å². The van der Waals surface area contributed by atoms with Gasteiger partial charge >= 0.3 is 0 Å². The van der Waals surface area contributed by atoms with Crippen molar-refractivity contribution in [3.8, 4) is 11.1 Å². The van der Waals surface area contributed by atoms with Crippen LogP contribution in [0.3, 0.4) is 0 Å². The Hall–Kier alpha value is -1.22. The number of alkyl halides is 1. The van der Waals surface area contributed by atoms with Gasteiger partial charge in [-0.2, -0.15) is 0 Å². The third-order valence-electron chi connectivity index (χ3n) is 2.65. The molecule has 2 rings (SSSR count). The zero-order valence-electron chi connectivity index (χ0n) is 9.64. The summed E-state index contributed by atoms with van der Waals surface area (Å²) in [6.07, 6.45) is 8.95. The van der Waals surface area contributed by atoms with Crippen molar-refractivity contribution in [3.63, 3.8) is 0 Å². The van der Waals surface area contributed by atoms with Gasteiger partial charge in [-0.15, -0.1) is 0 Å². The molecule has 2 heterocycles. The normalized spacial score (nSPS) is 10.4. The lowest BCUT2D eigenvalue weighted by molar-refractivity contribution is 0.786.